The first-order chi connectivity index (χ1) is 9.58. The molecule has 0 spiro atoms. The Hall–Kier alpha value is -1.07. The molecule has 1 aliphatic carbocycles. The predicted octanol–water partition coefficient (Wildman–Crippen LogP) is 3.54. The lowest BCUT2D eigenvalue weighted by Gasteiger charge is -2.07. The van der Waals surface area contributed by atoms with E-state index in [2.05, 4.69) is 5.32 Å². The van der Waals surface area contributed by atoms with Crippen LogP contribution in [0.4, 0.5) is 10.7 Å². The smallest absolute Gasteiger partial charge is 0.178 e. The maximum atomic E-state index is 12.0. The summed E-state index contributed by atoms with van der Waals surface area (Å²) >= 11 is 1.49. The van der Waals surface area contributed by atoms with Crippen LogP contribution in [0.2, 0.25) is 0 Å². The lowest BCUT2D eigenvalue weighted by Crippen LogP contribution is -2.06. The summed E-state index contributed by atoms with van der Waals surface area (Å²) in [7, 11) is 0. The fraction of sp³-hybridized carbons (Fsp3) is 0.667. The van der Waals surface area contributed by atoms with Crippen LogP contribution in [-0.4, -0.2) is 25.0 Å². The number of Topliss-reactive ketones (excluding diaryl/α,β-unsaturated/α-hetero) is 1. The molecule has 0 aliphatic heterocycles. The van der Waals surface area contributed by atoms with Crippen molar-refractivity contribution < 1.29 is 9.53 Å². The van der Waals surface area contributed by atoms with Gasteiger partial charge in [-0.1, -0.05) is 0 Å². The van der Waals surface area contributed by atoms with Crippen molar-refractivity contribution in [3.05, 3.63) is 10.9 Å². The number of nitrogens with one attached hydrogen (secondary N) is 1. The number of nitrogen functional groups attached to an aromatic ring is 1. The Kier molecular flexibility index (Phi) is 5.43. The molecule has 0 atom stereocenters. The van der Waals surface area contributed by atoms with E-state index in [0.717, 1.165) is 48.7 Å². The monoisotopic (exact) mass is 296 g/mol. The summed E-state index contributed by atoms with van der Waals surface area (Å²) in [6.07, 6.45) is 4.44. The highest BCUT2D eigenvalue weighted by molar-refractivity contribution is 7.18. The number of nitrogens with two attached hydrogens (primary N) is 1. The largest absolute Gasteiger partial charge is 0.397 e. The van der Waals surface area contributed by atoms with Crippen molar-refractivity contribution in [2.75, 3.05) is 24.2 Å². The molecule has 1 aromatic rings. The van der Waals surface area contributed by atoms with E-state index in [4.69, 9.17) is 10.5 Å². The molecule has 112 valence electrons. The second-order valence-corrected chi connectivity index (χ2v) is 6.64. The molecule has 1 heterocycles. The lowest BCUT2D eigenvalue weighted by molar-refractivity contribution is 0.0765. The van der Waals surface area contributed by atoms with E-state index >= 15 is 0 Å². The molecule has 0 radical (unpaired) electrons. The molecule has 1 fully saturated rings. The van der Waals surface area contributed by atoms with Crippen LogP contribution in [0.25, 0.3) is 0 Å². The third-order valence-corrected chi connectivity index (χ3v) is 4.38. The highest BCUT2D eigenvalue weighted by Crippen LogP contribution is 2.38. The molecule has 0 saturated heterocycles. The van der Waals surface area contributed by atoms with Crippen molar-refractivity contribution in [2.24, 2.45) is 5.92 Å². The third kappa shape index (κ3) is 4.49. The number of thiophene rings is 1. The summed E-state index contributed by atoms with van der Waals surface area (Å²) in [6, 6.07) is 1.88. The molecule has 20 heavy (non-hydrogen) atoms. The van der Waals surface area contributed by atoms with E-state index in [-0.39, 0.29) is 11.7 Å². The lowest BCUT2D eigenvalue weighted by atomic mass is 10.2. The Labute approximate surface area is 124 Å². The van der Waals surface area contributed by atoms with Gasteiger partial charge in [-0.2, -0.15) is 0 Å². The second kappa shape index (κ2) is 7.09. The minimum absolute atomic E-state index is 0.228. The standard InChI is InChI=1S/C15H24N2O2S/c1-10(2)19-8-4-3-7-17-13-9-12(16)15(20-13)14(18)11-5-6-11/h9-11,17H,3-8,16H2,1-2H3. The minimum atomic E-state index is 0.228. The summed E-state index contributed by atoms with van der Waals surface area (Å²) in [5.74, 6) is 0.461. The van der Waals surface area contributed by atoms with Crippen LogP contribution in [0.5, 0.6) is 0 Å². The SMILES string of the molecule is CC(C)OCCCCNc1cc(N)c(C(=O)C2CC2)s1. The second-order valence-electron chi connectivity index (χ2n) is 5.59. The summed E-state index contributed by atoms with van der Waals surface area (Å²) < 4.78 is 5.49. The van der Waals surface area contributed by atoms with E-state index in [1.54, 1.807) is 0 Å². The van der Waals surface area contributed by atoms with Crippen molar-refractivity contribution in [2.45, 2.75) is 45.6 Å². The molecule has 0 amide bonds. The number of hydrogen-bond donors (Lipinski definition) is 2. The highest BCUT2D eigenvalue weighted by atomic mass is 32.1. The number of ketones is 1. The van der Waals surface area contributed by atoms with Gasteiger partial charge in [-0.15, -0.1) is 11.3 Å². The van der Waals surface area contributed by atoms with Crippen molar-refractivity contribution in [3.63, 3.8) is 0 Å². The van der Waals surface area contributed by atoms with Gasteiger partial charge in [-0.3, -0.25) is 4.79 Å². The molecule has 2 rings (SSSR count). The summed E-state index contributed by atoms with van der Waals surface area (Å²) in [4.78, 5) is 12.7. The van der Waals surface area contributed by atoms with Crippen LogP contribution in [0.3, 0.4) is 0 Å². The average molecular weight is 296 g/mol. The normalized spacial score (nSPS) is 14.8. The minimum Gasteiger partial charge on any atom is -0.397 e. The molecule has 1 aromatic heterocycles. The topological polar surface area (TPSA) is 64.3 Å². The van der Waals surface area contributed by atoms with E-state index in [1.165, 1.54) is 11.3 Å². The maximum absolute atomic E-state index is 12.0. The van der Waals surface area contributed by atoms with Crippen LogP contribution in [0.1, 0.15) is 49.2 Å². The molecule has 5 heteroatoms. The summed E-state index contributed by atoms with van der Waals surface area (Å²) in [5, 5.41) is 4.34. The van der Waals surface area contributed by atoms with Crippen LogP contribution < -0.4 is 11.1 Å². The first-order valence-electron chi connectivity index (χ1n) is 7.37. The number of unbranched alkanes of at least 4 members (excludes halogenated alkanes) is 1. The molecule has 0 bridgehead atoms. The van der Waals surface area contributed by atoms with Crippen LogP contribution in [0.15, 0.2) is 6.07 Å². The first-order valence-corrected chi connectivity index (χ1v) is 8.18. The van der Waals surface area contributed by atoms with Crippen LogP contribution >= 0.6 is 11.3 Å². The molecule has 0 unspecified atom stereocenters. The molecule has 1 saturated carbocycles. The predicted molar refractivity (Wildman–Crippen MR) is 84.6 cm³/mol. The third-order valence-electron chi connectivity index (χ3n) is 3.25. The van der Waals surface area contributed by atoms with Crippen molar-refractivity contribution >= 4 is 27.8 Å². The van der Waals surface area contributed by atoms with Gasteiger partial charge in [-0.05, 0) is 45.6 Å². The van der Waals surface area contributed by atoms with Gasteiger partial charge in [0.2, 0.25) is 0 Å². The zero-order chi connectivity index (χ0) is 14.5. The Balaban J connectivity index is 1.71. The van der Waals surface area contributed by atoms with Gasteiger partial charge in [-0.25, -0.2) is 0 Å². The average Bonchev–Trinajstić information content (AvgIpc) is 3.17. The zero-order valence-corrected chi connectivity index (χ0v) is 13.1. The zero-order valence-electron chi connectivity index (χ0n) is 12.3. The molecular formula is C15H24N2O2S. The molecule has 3 N–H and O–H groups in total. The van der Waals surface area contributed by atoms with Crippen molar-refractivity contribution in [1.82, 2.24) is 0 Å². The van der Waals surface area contributed by atoms with Gasteiger partial charge in [0.25, 0.3) is 0 Å². The number of rotatable bonds is 9. The van der Waals surface area contributed by atoms with E-state index in [9.17, 15) is 4.79 Å². The van der Waals surface area contributed by atoms with Gasteiger partial charge in [0.1, 0.15) is 0 Å². The molecule has 1 aliphatic rings. The highest BCUT2D eigenvalue weighted by Gasteiger charge is 2.32. The maximum Gasteiger partial charge on any atom is 0.178 e. The Bertz CT molecular complexity index is 453. The Morgan fingerprint density at radius 2 is 2.25 bits per heavy atom. The van der Waals surface area contributed by atoms with E-state index in [0.29, 0.717) is 11.8 Å². The number of anilines is 2. The number of carbonyl (C=O) groups is 1. The van der Waals surface area contributed by atoms with Crippen molar-refractivity contribution in [3.8, 4) is 0 Å². The van der Waals surface area contributed by atoms with E-state index < -0.39 is 0 Å². The summed E-state index contributed by atoms with van der Waals surface area (Å²) in [5.41, 5.74) is 6.55. The van der Waals surface area contributed by atoms with Gasteiger partial charge in [0.05, 0.1) is 21.7 Å². The number of hydrogen-bond acceptors (Lipinski definition) is 5. The Morgan fingerprint density at radius 1 is 1.50 bits per heavy atom. The number of carbonyl (C=O) groups excluding carboxylic acids is 1. The van der Waals surface area contributed by atoms with E-state index in [1.807, 2.05) is 19.9 Å². The fourth-order valence-electron chi connectivity index (χ4n) is 1.97. The molecule has 0 aromatic carbocycles. The fourth-order valence-corrected chi connectivity index (χ4v) is 3.00. The molecular weight excluding hydrogens is 272 g/mol. The quantitative estimate of drug-likeness (QED) is 0.540. The van der Waals surface area contributed by atoms with Crippen LogP contribution in [0, 0.1) is 5.92 Å². The molecule has 4 nitrogen and oxygen atoms in total. The van der Waals surface area contributed by atoms with Gasteiger partial charge in [0.15, 0.2) is 5.78 Å². The Morgan fingerprint density at radius 3 is 2.90 bits per heavy atom. The van der Waals surface area contributed by atoms with Crippen molar-refractivity contribution in [1.29, 1.82) is 0 Å². The van der Waals surface area contributed by atoms with Gasteiger partial charge < -0.3 is 15.8 Å². The summed E-state index contributed by atoms with van der Waals surface area (Å²) in [6.45, 7) is 5.78. The van der Waals surface area contributed by atoms with Crippen LogP contribution in [-0.2, 0) is 4.74 Å². The van der Waals surface area contributed by atoms with Gasteiger partial charge in [0, 0.05) is 19.1 Å². The first kappa shape index (κ1) is 15.3. The van der Waals surface area contributed by atoms with Gasteiger partial charge >= 0.3 is 0 Å². The number of ether oxygens (including phenoxy) is 1.